The number of guanidine groups is 1. The number of methoxy groups -OCH3 is 1. The molecule has 0 aliphatic rings. The zero-order valence-corrected chi connectivity index (χ0v) is 15.8. The van der Waals surface area contributed by atoms with E-state index in [1.54, 1.807) is 7.11 Å². The van der Waals surface area contributed by atoms with Gasteiger partial charge in [-0.3, -0.25) is 9.20 Å². The largest absolute Gasteiger partial charge is 0.383 e. The van der Waals surface area contributed by atoms with Crippen LogP contribution in [-0.2, 0) is 15.5 Å². The second kappa shape index (κ2) is 11.9. The van der Waals surface area contributed by atoms with Crippen molar-refractivity contribution in [2.45, 2.75) is 32.4 Å². The van der Waals surface area contributed by atoms with Crippen LogP contribution in [0.4, 0.5) is 0 Å². The summed E-state index contributed by atoms with van der Waals surface area (Å²) in [5, 5.41) is 6.31. The summed E-state index contributed by atoms with van der Waals surface area (Å²) in [6.07, 6.45) is 0. The quantitative estimate of drug-likeness (QED) is 0.291. The van der Waals surface area contributed by atoms with Crippen LogP contribution in [0.2, 0.25) is 0 Å². The molecule has 116 valence electrons. The van der Waals surface area contributed by atoms with Crippen molar-refractivity contribution in [3.8, 4) is 0 Å². The first kappa shape index (κ1) is 21.4. The number of hydrogen-bond acceptors (Lipinski definition) is 3. The van der Waals surface area contributed by atoms with Crippen molar-refractivity contribution < 1.29 is 8.95 Å². The molecule has 0 aromatic rings. The molecule has 0 fully saturated rings. The fourth-order valence-corrected chi connectivity index (χ4v) is 2.06. The van der Waals surface area contributed by atoms with E-state index in [1.807, 2.05) is 27.7 Å². The van der Waals surface area contributed by atoms with Gasteiger partial charge in [0, 0.05) is 41.5 Å². The van der Waals surface area contributed by atoms with Crippen molar-refractivity contribution in [1.82, 2.24) is 10.6 Å². The summed E-state index contributed by atoms with van der Waals surface area (Å²) in [6, 6.07) is 0. The Morgan fingerprint density at radius 1 is 1.32 bits per heavy atom. The molecule has 2 N–H and O–H groups in total. The first-order valence-electron chi connectivity index (χ1n) is 6.31. The predicted octanol–water partition coefficient (Wildman–Crippen LogP) is 1.35. The smallest absolute Gasteiger partial charge is 0.191 e. The van der Waals surface area contributed by atoms with Gasteiger partial charge in [0.25, 0.3) is 0 Å². The zero-order valence-electron chi connectivity index (χ0n) is 12.6. The Kier molecular flexibility index (Phi) is 13.4. The van der Waals surface area contributed by atoms with E-state index in [0.29, 0.717) is 25.4 Å². The highest BCUT2D eigenvalue weighted by Crippen LogP contribution is 2.10. The lowest BCUT2D eigenvalue weighted by Crippen LogP contribution is -2.40. The standard InChI is InChI=1S/C12H27N3O2S.HI/c1-6-13-11(14-7-9-17-5)15-8-10-18(16)12(2,3)4;/h6-10H2,1-5H3,(H2,13,14,15);1H. The van der Waals surface area contributed by atoms with E-state index in [0.717, 1.165) is 12.5 Å². The number of aliphatic imine (C=N–C) groups is 1. The van der Waals surface area contributed by atoms with Crippen LogP contribution in [0, 0.1) is 0 Å². The fourth-order valence-electron chi connectivity index (χ4n) is 1.16. The highest BCUT2D eigenvalue weighted by Gasteiger charge is 2.18. The van der Waals surface area contributed by atoms with Gasteiger partial charge in [-0.2, -0.15) is 0 Å². The van der Waals surface area contributed by atoms with Gasteiger partial charge in [0.2, 0.25) is 0 Å². The third kappa shape index (κ3) is 11.6. The Labute approximate surface area is 136 Å². The van der Waals surface area contributed by atoms with Crippen molar-refractivity contribution in [1.29, 1.82) is 0 Å². The number of halogens is 1. The summed E-state index contributed by atoms with van der Waals surface area (Å²) in [5.74, 6) is 1.37. The zero-order chi connectivity index (χ0) is 14.0. The van der Waals surface area contributed by atoms with E-state index < -0.39 is 10.8 Å². The molecule has 1 atom stereocenters. The molecule has 0 saturated carbocycles. The van der Waals surface area contributed by atoms with Gasteiger partial charge in [0.05, 0.1) is 13.2 Å². The highest BCUT2D eigenvalue weighted by atomic mass is 127. The number of rotatable bonds is 7. The molecule has 19 heavy (non-hydrogen) atoms. The van der Waals surface area contributed by atoms with Gasteiger partial charge in [-0.25, -0.2) is 0 Å². The molecule has 0 rings (SSSR count). The lowest BCUT2D eigenvalue weighted by Gasteiger charge is -2.18. The van der Waals surface area contributed by atoms with E-state index >= 15 is 0 Å². The predicted molar refractivity (Wildman–Crippen MR) is 94.0 cm³/mol. The van der Waals surface area contributed by atoms with Gasteiger partial charge in [-0.05, 0) is 27.7 Å². The van der Waals surface area contributed by atoms with Crippen molar-refractivity contribution in [2.75, 3.05) is 39.1 Å². The summed E-state index contributed by atoms with van der Waals surface area (Å²) in [6.45, 7) is 10.7. The van der Waals surface area contributed by atoms with Crippen LogP contribution in [0.3, 0.4) is 0 Å². The molecular weight excluding hydrogens is 377 g/mol. The lowest BCUT2D eigenvalue weighted by atomic mass is 10.3. The van der Waals surface area contributed by atoms with Gasteiger partial charge in [-0.15, -0.1) is 24.0 Å². The molecule has 0 amide bonds. The van der Waals surface area contributed by atoms with Crippen molar-refractivity contribution in [2.24, 2.45) is 4.99 Å². The number of ether oxygens (including phenoxy) is 1. The number of nitrogens with zero attached hydrogens (tertiary/aromatic N) is 1. The summed E-state index contributed by atoms with van der Waals surface area (Å²) in [5.41, 5.74) is 0. The number of nitrogens with one attached hydrogen (secondary N) is 2. The molecule has 0 aliphatic heterocycles. The molecule has 0 aromatic heterocycles. The maximum atomic E-state index is 11.9. The SMILES string of the molecule is CCNC(=NCCOC)NCCS(=O)C(C)(C)C.I. The Morgan fingerprint density at radius 2 is 1.95 bits per heavy atom. The van der Waals surface area contributed by atoms with Crippen LogP contribution in [0.15, 0.2) is 4.99 Å². The van der Waals surface area contributed by atoms with Crippen LogP contribution in [0.1, 0.15) is 27.7 Å². The van der Waals surface area contributed by atoms with Crippen LogP contribution in [-0.4, -0.2) is 54.0 Å². The first-order chi connectivity index (χ1) is 8.41. The van der Waals surface area contributed by atoms with Gasteiger partial charge in [-0.1, -0.05) is 0 Å². The summed E-state index contributed by atoms with van der Waals surface area (Å²) < 4.78 is 16.6. The van der Waals surface area contributed by atoms with E-state index in [2.05, 4.69) is 15.6 Å². The second-order valence-electron chi connectivity index (χ2n) is 4.84. The van der Waals surface area contributed by atoms with E-state index in [4.69, 9.17) is 4.74 Å². The molecular formula is C12H28IN3O2S. The first-order valence-corrected chi connectivity index (χ1v) is 7.63. The molecule has 7 heteroatoms. The minimum Gasteiger partial charge on any atom is -0.383 e. The van der Waals surface area contributed by atoms with E-state index in [-0.39, 0.29) is 28.7 Å². The minimum atomic E-state index is -0.835. The maximum Gasteiger partial charge on any atom is 0.191 e. The summed E-state index contributed by atoms with van der Waals surface area (Å²) >= 11 is 0. The van der Waals surface area contributed by atoms with Crippen molar-refractivity contribution in [3.63, 3.8) is 0 Å². The maximum absolute atomic E-state index is 11.9. The monoisotopic (exact) mass is 405 g/mol. The molecule has 1 unspecified atom stereocenters. The van der Waals surface area contributed by atoms with Crippen LogP contribution in [0.5, 0.6) is 0 Å². The molecule has 0 spiro atoms. The molecule has 0 heterocycles. The third-order valence-corrected chi connectivity index (χ3v) is 4.11. The van der Waals surface area contributed by atoms with Crippen LogP contribution >= 0.6 is 24.0 Å². The van der Waals surface area contributed by atoms with E-state index in [1.165, 1.54) is 0 Å². The second-order valence-corrected chi connectivity index (χ2v) is 7.17. The topological polar surface area (TPSA) is 62.7 Å². The summed E-state index contributed by atoms with van der Waals surface area (Å²) in [4.78, 5) is 4.33. The van der Waals surface area contributed by atoms with Gasteiger partial charge in [0.1, 0.15) is 0 Å². The minimum absolute atomic E-state index is 0. The number of hydrogen-bond donors (Lipinski definition) is 2. The van der Waals surface area contributed by atoms with Crippen molar-refractivity contribution >= 4 is 40.7 Å². The molecule has 0 radical (unpaired) electrons. The molecule has 0 saturated heterocycles. The molecule has 0 aromatic carbocycles. The Hall–Kier alpha value is 0.110. The normalized spacial score (nSPS) is 13.6. The van der Waals surface area contributed by atoms with E-state index in [9.17, 15) is 4.21 Å². The summed E-state index contributed by atoms with van der Waals surface area (Å²) in [7, 11) is 0.820. The third-order valence-electron chi connectivity index (χ3n) is 2.17. The fraction of sp³-hybridized carbons (Fsp3) is 0.917. The molecule has 0 bridgehead atoms. The van der Waals surface area contributed by atoms with Crippen molar-refractivity contribution in [3.05, 3.63) is 0 Å². The van der Waals surface area contributed by atoms with Crippen LogP contribution < -0.4 is 10.6 Å². The van der Waals surface area contributed by atoms with Gasteiger partial charge >= 0.3 is 0 Å². The Morgan fingerprint density at radius 3 is 2.42 bits per heavy atom. The molecule has 0 aliphatic carbocycles. The Bertz CT molecular complexity index is 281. The highest BCUT2D eigenvalue weighted by molar-refractivity contribution is 14.0. The average molecular weight is 405 g/mol. The lowest BCUT2D eigenvalue weighted by molar-refractivity contribution is 0.208. The van der Waals surface area contributed by atoms with Gasteiger partial charge in [0.15, 0.2) is 5.96 Å². The molecule has 5 nitrogen and oxygen atoms in total. The van der Waals surface area contributed by atoms with Gasteiger partial charge < -0.3 is 15.4 Å². The Balaban J connectivity index is 0. The average Bonchev–Trinajstić information content (AvgIpc) is 2.28. The van der Waals surface area contributed by atoms with Crippen LogP contribution in [0.25, 0.3) is 0 Å².